The second kappa shape index (κ2) is 3.08. The SMILES string of the molecule is CC(C)(Cc1cc(N)on1)C(=O)O. The van der Waals surface area contributed by atoms with Crippen LogP contribution in [0.2, 0.25) is 0 Å². The number of nitrogen functional groups attached to an aromatic ring is 1. The summed E-state index contributed by atoms with van der Waals surface area (Å²) in [6.07, 6.45) is 0.309. The first-order valence-corrected chi connectivity index (χ1v) is 3.86. The molecule has 1 aromatic heterocycles. The largest absolute Gasteiger partial charge is 0.481 e. The van der Waals surface area contributed by atoms with Crippen LogP contribution in [0.3, 0.4) is 0 Å². The molecule has 0 fully saturated rings. The molecule has 0 radical (unpaired) electrons. The molecule has 13 heavy (non-hydrogen) atoms. The Morgan fingerprint density at radius 2 is 2.38 bits per heavy atom. The lowest BCUT2D eigenvalue weighted by Crippen LogP contribution is -2.26. The number of aromatic nitrogens is 1. The minimum Gasteiger partial charge on any atom is -0.481 e. The van der Waals surface area contributed by atoms with Crippen molar-refractivity contribution in [2.45, 2.75) is 20.3 Å². The molecule has 1 rings (SSSR count). The molecule has 5 heteroatoms. The van der Waals surface area contributed by atoms with Gasteiger partial charge in [-0.3, -0.25) is 4.79 Å². The summed E-state index contributed by atoms with van der Waals surface area (Å²) in [6, 6.07) is 1.53. The molecule has 0 atom stereocenters. The molecule has 0 aliphatic heterocycles. The molecule has 0 amide bonds. The van der Waals surface area contributed by atoms with Crippen LogP contribution in [0, 0.1) is 5.41 Å². The molecule has 0 unspecified atom stereocenters. The van der Waals surface area contributed by atoms with Gasteiger partial charge in [0.25, 0.3) is 0 Å². The second-order valence-corrected chi connectivity index (χ2v) is 3.59. The number of rotatable bonds is 3. The third-order valence-corrected chi connectivity index (χ3v) is 1.78. The number of carboxylic acids is 1. The van der Waals surface area contributed by atoms with Crippen LogP contribution in [-0.2, 0) is 11.2 Å². The third-order valence-electron chi connectivity index (χ3n) is 1.78. The van der Waals surface area contributed by atoms with E-state index >= 15 is 0 Å². The molecule has 0 aliphatic carbocycles. The Morgan fingerprint density at radius 1 is 1.77 bits per heavy atom. The van der Waals surface area contributed by atoms with Crippen molar-refractivity contribution >= 4 is 11.9 Å². The van der Waals surface area contributed by atoms with E-state index < -0.39 is 11.4 Å². The molecule has 0 bridgehead atoms. The van der Waals surface area contributed by atoms with E-state index in [9.17, 15) is 4.79 Å². The zero-order chi connectivity index (χ0) is 10.1. The van der Waals surface area contributed by atoms with Gasteiger partial charge in [-0.1, -0.05) is 5.16 Å². The normalized spacial score (nSPS) is 11.5. The van der Waals surface area contributed by atoms with Crippen molar-refractivity contribution in [1.29, 1.82) is 0 Å². The summed E-state index contributed by atoms with van der Waals surface area (Å²) in [5.74, 6) is -0.662. The Hall–Kier alpha value is -1.52. The van der Waals surface area contributed by atoms with Crippen LogP contribution in [0.1, 0.15) is 19.5 Å². The van der Waals surface area contributed by atoms with Crippen molar-refractivity contribution in [3.63, 3.8) is 0 Å². The lowest BCUT2D eigenvalue weighted by atomic mass is 9.88. The van der Waals surface area contributed by atoms with Crippen LogP contribution in [0.25, 0.3) is 0 Å². The summed E-state index contributed by atoms with van der Waals surface area (Å²) in [4.78, 5) is 10.7. The van der Waals surface area contributed by atoms with E-state index in [2.05, 4.69) is 9.68 Å². The fourth-order valence-electron chi connectivity index (χ4n) is 0.940. The number of anilines is 1. The Bertz CT molecular complexity index is 317. The van der Waals surface area contributed by atoms with Crippen molar-refractivity contribution in [1.82, 2.24) is 5.16 Å². The third kappa shape index (κ3) is 2.21. The van der Waals surface area contributed by atoms with Crippen molar-refractivity contribution in [3.8, 4) is 0 Å². The van der Waals surface area contributed by atoms with Crippen LogP contribution in [0.4, 0.5) is 5.88 Å². The molecule has 1 aromatic rings. The number of hydrogen-bond acceptors (Lipinski definition) is 4. The summed E-state index contributed by atoms with van der Waals surface area (Å²) in [5, 5.41) is 12.4. The summed E-state index contributed by atoms with van der Waals surface area (Å²) >= 11 is 0. The Labute approximate surface area is 75.5 Å². The zero-order valence-corrected chi connectivity index (χ0v) is 7.57. The summed E-state index contributed by atoms with van der Waals surface area (Å²) in [7, 11) is 0. The molecule has 0 saturated heterocycles. The smallest absolute Gasteiger partial charge is 0.309 e. The van der Waals surface area contributed by atoms with E-state index in [1.165, 1.54) is 6.07 Å². The first kappa shape index (κ1) is 9.57. The van der Waals surface area contributed by atoms with Gasteiger partial charge in [-0.2, -0.15) is 0 Å². The topological polar surface area (TPSA) is 89.4 Å². The van der Waals surface area contributed by atoms with Gasteiger partial charge in [0.05, 0.1) is 11.1 Å². The maximum Gasteiger partial charge on any atom is 0.309 e. The number of nitrogens with two attached hydrogens (primary N) is 1. The molecule has 0 aliphatic rings. The highest BCUT2D eigenvalue weighted by Crippen LogP contribution is 2.22. The van der Waals surface area contributed by atoms with Crippen LogP contribution in [0.15, 0.2) is 10.6 Å². The number of nitrogens with zero attached hydrogens (tertiary/aromatic N) is 1. The van der Waals surface area contributed by atoms with E-state index in [1.807, 2.05) is 0 Å². The molecular formula is C8H12N2O3. The first-order chi connectivity index (χ1) is 5.92. The Balaban J connectivity index is 2.74. The molecule has 1 heterocycles. The van der Waals surface area contributed by atoms with Crippen molar-refractivity contribution in [2.75, 3.05) is 5.73 Å². The molecule has 0 spiro atoms. The first-order valence-electron chi connectivity index (χ1n) is 3.86. The lowest BCUT2D eigenvalue weighted by molar-refractivity contribution is -0.146. The maximum atomic E-state index is 10.7. The minimum atomic E-state index is -0.867. The van der Waals surface area contributed by atoms with Crippen LogP contribution in [0.5, 0.6) is 0 Å². The molecule has 72 valence electrons. The highest BCUT2D eigenvalue weighted by atomic mass is 16.5. The predicted molar refractivity (Wildman–Crippen MR) is 46.0 cm³/mol. The quantitative estimate of drug-likeness (QED) is 0.728. The molecule has 0 saturated carbocycles. The van der Waals surface area contributed by atoms with E-state index in [0.29, 0.717) is 12.1 Å². The van der Waals surface area contributed by atoms with Gasteiger partial charge in [0.2, 0.25) is 5.88 Å². The summed E-state index contributed by atoms with van der Waals surface area (Å²) in [5.41, 5.74) is 5.01. The average molecular weight is 184 g/mol. The molecule has 0 aromatic carbocycles. The number of aliphatic carboxylic acids is 1. The van der Waals surface area contributed by atoms with Gasteiger partial charge in [0.1, 0.15) is 0 Å². The van der Waals surface area contributed by atoms with Gasteiger partial charge in [-0.05, 0) is 13.8 Å². The molecule has 3 N–H and O–H groups in total. The number of carboxylic acid groups (broad SMARTS) is 1. The second-order valence-electron chi connectivity index (χ2n) is 3.59. The van der Waals surface area contributed by atoms with Crippen LogP contribution in [-0.4, -0.2) is 16.2 Å². The van der Waals surface area contributed by atoms with Gasteiger partial charge < -0.3 is 15.4 Å². The summed E-state index contributed by atoms with van der Waals surface area (Å²) < 4.78 is 4.62. The van der Waals surface area contributed by atoms with Gasteiger partial charge >= 0.3 is 5.97 Å². The fraction of sp³-hybridized carbons (Fsp3) is 0.500. The fourth-order valence-corrected chi connectivity index (χ4v) is 0.940. The van der Waals surface area contributed by atoms with E-state index in [4.69, 9.17) is 10.8 Å². The Kier molecular flexibility index (Phi) is 2.27. The van der Waals surface area contributed by atoms with Crippen molar-refractivity contribution in [2.24, 2.45) is 5.41 Å². The lowest BCUT2D eigenvalue weighted by Gasteiger charge is -2.16. The van der Waals surface area contributed by atoms with E-state index in [0.717, 1.165) is 0 Å². The van der Waals surface area contributed by atoms with Gasteiger partial charge in [-0.15, -0.1) is 0 Å². The monoisotopic (exact) mass is 184 g/mol. The average Bonchev–Trinajstić information content (AvgIpc) is 2.34. The Morgan fingerprint density at radius 3 is 2.77 bits per heavy atom. The predicted octanol–water partition coefficient (Wildman–Crippen LogP) is 0.910. The molecular weight excluding hydrogens is 172 g/mol. The number of carbonyl (C=O) groups is 1. The van der Waals surface area contributed by atoms with Crippen LogP contribution < -0.4 is 5.73 Å². The van der Waals surface area contributed by atoms with Gasteiger partial charge in [0, 0.05) is 12.5 Å². The van der Waals surface area contributed by atoms with Crippen molar-refractivity contribution in [3.05, 3.63) is 11.8 Å². The minimum absolute atomic E-state index is 0.205. The zero-order valence-electron chi connectivity index (χ0n) is 7.57. The van der Waals surface area contributed by atoms with Gasteiger partial charge in [-0.25, -0.2) is 0 Å². The van der Waals surface area contributed by atoms with E-state index in [-0.39, 0.29) is 5.88 Å². The van der Waals surface area contributed by atoms with E-state index in [1.54, 1.807) is 13.8 Å². The van der Waals surface area contributed by atoms with Crippen molar-refractivity contribution < 1.29 is 14.4 Å². The standard InChI is InChI=1S/C8H12N2O3/c1-8(2,7(11)12)4-5-3-6(9)13-10-5/h3H,4,9H2,1-2H3,(H,11,12). The highest BCUT2D eigenvalue weighted by molar-refractivity contribution is 5.73. The van der Waals surface area contributed by atoms with Gasteiger partial charge in [0.15, 0.2) is 0 Å². The highest BCUT2D eigenvalue weighted by Gasteiger charge is 2.28. The van der Waals surface area contributed by atoms with Crippen LogP contribution >= 0.6 is 0 Å². The summed E-state index contributed by atoms with van der Waals surface area (Å²) in [6.45, 7) is 3.25. The number of hydrogen-bond donors (Lipinski definition) is 2. The molecule has 5 nitrogen and oxygen atoms in total. The maximum absolute atomic E-state index is 10.7.